The number of aryl methyl sites for hydroxylation is 1. The number of benzene rings is 1. The van der Waals surface area contributed by atoms with Crippen LogP contribution in [0.3, 0.4) is 0 Å². The average molecular weight is 285 g/mol. The predicted octanol–water partition coefficient (Wildman–Crippen LogP) is 2.52. The number of ether oxygens (including phenoxy) is 1. The first kappa shape index (κ1) is 14.4. The Labute approximate surface area is 126 Å². The van der Waals surface area contributed by atoms with E-state index in [2.05, 4.69) is 28.9 Å². The van der Waals surface area contributed by atoms with Crippen LogP contribution >= 0.6 is 0 Å². The van der Waals surface area contributed by atoms with Gasteiger partial charge < -0.3 is 9.64 Å². The van der Waals surface area contributed by atoms with Crippen LogP contribution in [0, 0.1) is 18.3 Å². The van der Waals surface area contributed by atoms with E-state index in [1.807, 2.05) is 12.1 Å². The molecule has 3 rings (SSSR count). The molecule has 1 unspecified atom stereocenters. The first-order valence-corrected chi connectivity index (χ1v) is 7.89. The van der Waals surface area contributed by atoms with Crippen molar-refractivity contribution in [1.29, 1.82) is 5.26 Å². The van der Waals surface area contributed by atoms with Crippen LogP contribution in [0.25, 0.3) is 0 Å². The molecule has 0 radical (unpaired) electrons. The maximum Gasteiger partial charge on any atom is 0.110 e. The van der Waals surface area contributed by atoms with Crippen LogP contribution in [0.2, 0.25) is 0 Å². The minimum Gasteiger partial charge on any atom is -0.369 e. The first-order valence-electron chi connectivity index (χ1n) is 7.89. The number of nitriles is 1. The molecule has 4 heteroatoms. The molecule has 0 bridgehead atoms. The molecule has 0 saturated carbocycles. The summed E-state index contributed by atoms with van der Waals surface area (Å²) in [6, 6.07) is 8.18. The third-order valence-electron chi connectivity index (χ3n) is 4.54. The largest absolute Gasteiger partial charge is 0.369 e. The van der Waals surface area contributed by atoms with Gasteiger partial charge >= 0.3 is 0 Å². The highest BCUT2D eigenvalue weighted by molar-refractivity contribution is 5.56. The van der Waals surface area contributed by atoms with Crippen LogP contribution in [0.15, 0.2) is 18.2 Å². The van der Waals surface area contributed by atoms with Gasteiger partial charge in [-0.05, 0) is 49.9 Å². The van der Waals surface area contributed by atoms with Crippen LogP contribution in [0.1, 0.15) is 30.4 Å². The minimum absolute atomic E-state index is 0.336. The molecule has 0 spiro atoms. The van der Waals surface area contributed by atoms with Gasteiger partial charge in [0.1, 0.15) is 6.23 Å². The molecular formula is C17H23N3O. The number of anilines is 1. The Morgan fingerprint density at radius 2 is 2.00 bits per heavy atom. The molecule has 1 aromatic carbocycles. The molecule has 2 saturated heterocycles. The van der Waals surface area contributed by atoms with Crippen LogP contribution in [-0.4, -0.2) is 43.9 Å². The standard InChI is InChI=1S/C17H23N3O/c1-14-12-15(13-18)5-6-16(14)19-7-9-20(10-8-19)17-4-2-3-11-21-17/h5-6,12,17H,2-4,7-11H2,1H3. The molecule has 1 aromatic rings. The molecule has 4 nitrogen and oxygen atoms in total. The summed E-state index contributed by atoms with van der Waals surface area (Å²) in [5.74, 6) is 0. The molecule has 0 aromatic heterocycles. The molecule has 2 aliphatic heterocycles. The van der Waals surface area contributed by atoms with Gasteiger partial charge in [0.15, 0.2) is 0 Å². The summed E-state index contributed by atoms with van der Waals surface area (Å²) in [6.07, 6.45) is 4.01. The van der Waals surface area contributed by atoms with Crippen molar-refractivity contribution in [2.24, 2.45) is 0 Å². The fourth-order valence-corrected chi connectivity index (χ4v) is 3.34. The minimum atomic E-state index is 0.336. The zero-order chi connectivity index (χ0) is 14.7. The van der Waals surface area contributed by atoms with Crippen LogP contribution in [0.5, 0.6) is 0 Å². The van der Waals surface area contributed by atoms with Crippen molar-refractivity contribution in [3.63, 3.8) is 0 Å². The first-order chi connectivity index (χ1) is 10.3. The summed E-state index contributed by atoms with van der Waals surface area (Å²) >= 11 is 0. The van der Waals surface area contributed by atoms with Gasteiger partial charge in [-0.2, -0.15) is 5.26 Å². The van der Waals surface area contributed by atoms with E-state index in [1.54, 1.807) is 0 Å². The van der Waals surface area contributed by atoms with Gasteiger partial charge in [0.05, 0.1) is 11.6 Å². The highest BCUT2D eigenvalue weighted by Crippen LogP contribution is 2.24. The SMILES string of the molecule is Cc1cc(C#N)ccc1N1CCN(C2CCCCO2)CC1. The van der Waals surface area contributed by atoms with E-state index >= 15 is 0 Å². The fourth-order valence-electron chi connectivity index (χ4n) is 3.34. The molecule has 0 aliphatic carbocycles. The van der Waals surface area contributed by atoms with E-state index in [1.165, 1.54) is 30.5 Å². The van der Waals surface area contributed by atoms with E-state index < -0.39 is 0 Å². The van der Waals surface area contributed by atoms with Crippen molar-refractivity contribution in [2.75, 3.05) is 37.7 Å². The Balaban J connectivity index is 1.61. The Kier molecular flexibility index (Phi) is 4.42. The summed E-state index contributed by atoms with van der Waals surface area (Å²) in [4.78, 5) is 4.91. The zero-order valence-corrected chi connectivity index (χ0v) is 12.7. The van der Waals surface area contributed by atoms with Crippen LogP contribution in [-0.2, 0) is 4.74 Å². The number of rotatable bonds is 2. The summed E-state index contributed by atoms with van der Waals surface area (Å²) in [5, 5.41) is 8.96. The van der Waals surface area contributed by atoms with E-state index in [9.17, 15) is 0 Å². The van der Waals surface area contributed by atoms with Gasteiger partial charge in [-0.25, -0.2) is 0 Å². The Hall–Kier alpha value is -1.57. The summed E-state index contributed by atoms with van der Waals surface area (Å²) < 4.78 is 5.88. The Morgan fingerprint density at radius 3 is 2.62 bits per heavy atom. The molecule has 2 fully saturated rings. The molecule has 2 heterocycles. The maximum absolute atomic E-state index is 8.96. The van der Waals surface area contributed by atoms with Gasteiger partial charge in [-0.3, -0.25) is 4.90 Å². The van der Waals surface area contributed by atoms with Crippen molar-refractivity contribution < 1.29 is 4.74 Å². The number of piperazine rings is 1. The second-order valence-corrected chi connectivity index (χ2v) is 5.96. The van der Waals surface area contributed by atoms with E-state index in [-0.39, 0.29) is 0 Å². The molecule has 1 atom stereocenters. The van der Waals surface area contributed by atoms with Crippen molar-refractivity contribution in [3.05, 3.63) is 29.3 Å². The topological polar surface area (TPSA) is 39.5 Å². The second kappa shape index (κ2) is 6.46. The lowest BCUT2D eigenvalue weighted by Crippen LogP contribution is -2.52. The van der Waals surface area contributed by atoms with E-state index in [4.69, 9.17) is 10.00 Å². The molecule has 112 valence electrons. The molecule has 21 heavy (non-hydrogen) atoms. The van der Waals surface area contributed by atoms with Gasteiger partial charge in [0, 0.05) is 38.5 Å². The fraction of sp³-hybridized carbons (Fsp3) is 0.588. The third-order valence-corrected chi connectivity index (χ3v) is 4.54. The molecule has 0 N–H and O–H groups in total. The lowest BCUT2D eigenvalue weighted by molar-refractivity contribution is -0.0872. The van der Waals surface area contributed by atoms with Crippen molar-refractivity contribution in [3.8, 4) is 6.07 Å². The Bertz CT molecular complexity index is 523. The van der Waals surface area contributed by atoms with Gasteiger partial charge in [0.25, 0.3) is 0 Å². The smallest absolute Gasteiger partial charge is 0.110 e. The van der Waals surface area contributed by atoms with E-state index in [0.717, 1.165) is 38.3 Å². The lowest BCUT2D eigenvalue weighted by atomic mass is 10.1. The van der Waals surface area contributed by atoms with Gasteiger partial charge in [0.2, 0.25) is 0 Å². The highest BCUT2D eigenvalue weighted by Gasteiger charge is 2.26. The quantitative estimate of drug-likeness (QED) is 0.837. The number of hydrogen-bond donors (Lipinski definition) is 0. The molecular weight excluding hydrogens is 262 g/mol. The lowest BCUT2D eigenvalue weighted by Gasteiger charge is -2.41. The van der Waals surface area contributed by atoms with Crippen molar-refractivity contribution in [2.45, 2.75) is 32.4 Å². The van der Waals surface area contributed by atoms with Crippen LogP contribution in [0.4, 0.5) is 5.69 Å². The third kappa shape index (κ3) is 3.20. The summed E-state index contributed by atoms with van der Waals surface area (Å²) in [6.45, 7) is 7.19. The Morgan fingerprint density at radius 1 is 1.19 bits per heavy atom. The van der Waals surface area contributed by atoms with Crippen molar-refractivity contribution >= 4 is 5.69 Å². The average Bonchev–Trinajstić information content (AvgIpc) is 2.56. The second-order valence-electron chi connectivity index (χ2n) is 5.96. The highest BCUT2D eigenvalue weighted by atomic mass is 16.5. The zero-order valence-electron chi connectivity index (χ0n) is 12.7. The normalized spacial score (nSPS) is 23.8. The molecule has 0 amide bonds. The molecule has 2 aliphatic rings. The maximum atomic E-state index is 8.96. The number of nitrogens with zero attached hydrogens (tertiary/aromatic N) is 3. The predicted molar refractivity (Wildman–Crippen MR) is 83.3 cm³/mol. The monoisotopic (exact) mass is 285 g/mol. The van der Waals surface area contributed by atoms with Crippen LogP contribution < -0.4 is 4.90 Å². The summed E-state index contributed by atoms with van der Waals surface area (Å²) in [5.41, 5.74) is 3.19. The van der Waals surface area contributed by atoms with E-state index in [0.29, 0.717) is 6.23 Å². The van der Waals surface area contributed by atoms with Gasteiger partial charge in [-0.1, -0.05) is 0 Å². The van der Waals surface area contributed by atoms with Crippen molar-refractivity contribution in [1.82, 2.24) is 4.90 Å². The summed E-state index contributed by atoms with van der Waals surface area (Å²) in [7, 11) is 0. The number of hydrogen-bond acceptors (Lipinski definition) is 4. The van der Waals surface area contributed by atoms with Gasteiger partial charge in [-0.15, -0.1) is 0 Å².